The van der Waals surface area contributed by atoms with E-state index in [0.717, 1.165) is 16.7 Å². The monoisotopic (exact) mass is 290 g/mol. The van der Waals surface area contributed by atoms with Crippen molar-refractivity contribution in [3.8, 4) is 0 Å². The molecule has 0 radical (unpaired) electrons. The van der Waals surface area contributed by atoms with Gasteiger partial charge >= 0.3 is 5.97 Å². The first-order valence-electron chi connectivity index (χ1n) is 7.35. The van der Waals surface area contributed by atoms with Crippen molar-refractivity contribution in [2.24, 2.45) is 0 Å². The largest absolute Gasteiger partial charge is 0.445 e. The van der Waals surface area contributed by atoms with Crippen LogP contribution in [0.3, 0.4) is 0 Å². The Hall–Kier alpha value is -2.61. The minimum Gasteiger partial charge on any atom is -0.445 e. The lowest BCUT2D eigenvalue weighted by Crippen LogP contribution is -2.28. The van der Waals surface area contributed by atoms with E-state index in [1.807, 2.05) is 73.7 Å². The third-order valence-corrected chi connectivity index (χ3v) is 4.09. The second kappa shape index (κ2) is 5.64. The van der Waals surface area contributed by atoms with Crippen LogP contribution in [0.2, 0.25) is 0 Å². The molecule has 0 saturated heterocycles. The van der Waals surface area contributed by atoms with Gasteiger partial charge in [0, 0.05) is 23.1 Å². The average Bonchev–Trinajstić information content (AvgIpc) is 2.81. The van der Waals surface area contributed by atoms with Gasteiger partial charge < -0.3 is 4.74 Å². The standard InChI is InChI=1S/C20H18O2/c1-3-14-20(17-12-8-5-9-13-17)18(15(2)19(21)22-20)16-10-6-4-7-11-16/h3-13H,1,14H2,2H3. The van der Waals surface area contributed by atoms with Crippen LogP contribution in [0.1, 0.15) is 24.5 Å². The average molecular weight is 290 g/mol. The Balaban J connectivity index is 2.26. The molecule has 0 fully saturated rings. The molecule has 0 bridgehead atoms. The molecule has 0 spiro atoms. The van der Waals surface area contributed by atoms with E-state index in [-0.39, 0.29) is 5.97 Å². The van der Waals surface area contributed by atoms with Gasteiger partial charge in [-0.1, -0.05) is 66.7 Å². The van der Waals surface area contributed by atoms with E-state index >= 15 is 0 Å². The van der Waals surface area contributed by atoms with E-state index in [2.05, 4.69) is 6.58 Å². The highest BCUT2D eigenvalue weighted by atomic mass is 16.6. The zero-order valence-corrected chi connectivity index (χ0v) is 12.6. The molecule has 2 heteroatoms. The highest BCUT2D eigenvalue weighted by molar-refractivity contribution is 6.04. The highest BCUT2D eigenvalue weighted by Crippen LogP contribution is 2.49. The van der Waals surface area contributed by atoms with Crippen molar-refractivity contribution in [3.63, 3.8) is 0 Å². The summed E-state index contributed by atoms with van der Waals surface area (Å²) in [5.41, 5.74) is 2.79. The molecule has 2 aromatic carbocycles. The van der Waals surface area contributed by atoms with Gasteiger partial charge in [-0.2, -0.15) is 0 Å². The maximum absolute atomic E-state index is 12.3. The van der Waals surface area contributed by atoms with Crippen LogP contribution in [0, 0.1) is 0 Å². The van der Waals surface area contributed by atoms with Gasteiger partial charge in [0.25, 0.3) is 0 Å². The summed E-state index contributed by atoms with van der Waals surface area (Å²) >= 11 is 0. The van der Waals surface area contributed by atoms with E-state index in [1.165, 1.54) is 0 Å². The summed E-state index contributed by atoms with van der Waals surface area (Å²) in [5, 5.41) is 0. The fourth-order valence-electron chi connectivity index (χ4n) is 3.12. The molecule has 0 amide bonds. The fourth-order valence-corrected chi connectivity index (χ4v) is 3.12. The van der Waals surface area contributed by atoms with E-state index in [0.29, 0.717) is 12.0 Å². The molecule has 2 nitrogen and oxygen atoms in total. The molecule has 110 valence electrons. The van der Waals surface area contributed by atoms with Crippen molar-refractivity contribution in [1.82, 2.24) is 0 Å². The summed E-state index contributed by atoms with van der Waals surface area (Å²) in [6.07, 6.45) is 2.35. The summed E-state index contributed by atoms with van der Waals surface area (Å²) in [6, 6.07) is 19.8. The first-order chi connectivity index (χ1) is 10.7. The molecule has 0 saturated carbocycles. The van der Waals surface area contributed by atoms with Gasteiger partial charge in [-0.25, -0.2) is 4.79 Å². The van der Waals surface area contributed by atoms with Crippen LogP contribution in [0.25, 0.3) is 5.57 Å². The van der Waals surface area contributed by atoms with Crippen molar-refractivity contribution < 1.29 is 9.53 Å². The van der Waals surface area contributed by atoms with Crippen LogP contribution in [-0.4, -0.2) is 5.97 Å². The van der Waals surface area contributed by atoms with E-state index in [4.69, 9.17) is 4.74 Å². The Kier molecular flexibility index (Phi) is 3.68. The summed E-state index contributed by atoms with van der Waals surface area (Å²) in [7, 11) is 0. The van der Waals surface area contributed by atoms with Gasteiger partial charge in [-0.3, -0.25) is 0 Å². The Morgan fingerprint density at radius 1 is 1.05 bits per heavy atom. The molecule has 1 aliphatic rings. The number of benzene rings is 2. The number of ether oxygens (including phenoxy) is 1. The van der Waals surface area contributed by atoms with Crippen LogP contribution in [0.15, 0.2) is 78.9 Å². The van der Waals surface area contributed by atoms with Crippen molar-refractivity contribution in [1.29, 1.82) is 0 Å². The molecule has 0 N–H and O–H groups in total. The number of esters is 1. The number of hydrogen-bond donors (Lipinski definition) is 0. The number of carbonyl (C=O) groups excluding carboxylic acids is 1. The summed E-state index contributed by atoms with van der Waals surface area (Å²) in [6.45, 7) is 5.69. The van der Waals surface area contributed by atoms with Crippen molar-refractivity contribution in [2.45, 2.75) is 18.9 Å². The number of carbonyl (C=O) groups is 1. The van der Waals surface area contributed by atoms with Crippen LogP contribution < -0.4 is 0 Å². The second-order valence-corrected chi connectivity index (χ2v) is 5.44. The van der Waals surface area contributed by atoms with Gasteiger partial charge in [-0.05, 0) is 12.5 Å². The maximum Gasteiger partial charge on any atom is 0.335 e. The number of cyclic esters (lactones) is 1. The van der Waals surface area contributed by atoms with Gasteiger partial charge in [-0.15, -0.1) is 6.58 Å². The molecule has 2 aromatic rings. The zero-order valence-electron chi connectivity index (χ0n) is 12.6. The predicted octanol–water partition coefficient (Wildman–Crippen LogP) is 4.49. The van der Waals surface area contributed by atoms with Crippen molar-refractivity contribution in [2.75, 3.05) is 0 Å². The minimum atomic E-state index is -0.786. The summed E-state index contributed by atoms with van der Waals surface area (Å²) in [5.74, 6) is -0.260. The minimum absolute atomic E-state index is 0.260. The molecule has 1 unspecified atom stereocenters. The molecule has 22 heavy (non-hydrogen) atoms. The molecule has 1 aliphatic heterocycles. The fraction of sp³-hybridized carbons (Fsp3) is 0.150. The quantitative estimate of drug-likeness (QED) is 0.612. The normalized spacial score (nSPS) is 20.9. The molecule has 1 atom stereocenters. The highest BCUT2D eigenvalue weighted by Gasteiger charge is 2.47. The Morgan fingerprint density at radius 2 is 1.64 bits per heavy atom. The molecule has 0 aromatic heterocycles. The van der Waals surface area contributed by atoms with Crippen LogP contribution in [-0.2, 0) is 15.1 Å². The number of hydrogen-bond acceptors (Lipinski definition) is 2. The third-order valence-electron chi connectivity index (χ3n) is 4.09. The molecule has 3 rings (SSSR count). The van der Waals surface area contributed by atoms with Gasteiger partial charge in [0.05, 0.1) is 0 Å². The Labute approximate surface area is 130 Å². The third kappa shape index (κ3) is 2.17. The van der Waals surface area contributed by atoms with Gasteiger partial charge in [0.2, 0.25) is 0 Å². The summed E-state index contributed by atoms with van der Waals surface area (Å²) < 4.78 is 5.87. The smallest absolute Gasteiger partial charge is 0.335 e. The Morgan fingerprint density at radius 3 is 2.23 bits per heavy atom. The SMILES string of the molecule is C=CCC1(c2ccccc2)OC(=O)C(C)=C1c1ccccc1. The van der Waals surface area contributed by atoms with Gasteiger partial charge in [0.1, 0.15) is 0 Å². The second-order valence-electron chi connectivity index (χ2n) is 5.44. The Bertz CT molecular complexity index is 729. The maximum atomic E-state index is 12.3. The molecule has 0 aliphatic carbocycles. The van der Waals surface area contributed by atoms with Gasteiger partial charge in [0.15, 0.2) is 5.60 Å². The first kappa shape index (κ1) is 14.3. The molecular formula is C20H18O2. The van der Waals surface area contributed by atoms with Crippen molar-refractivity contribution in [3.05, 3.63) is 90.0 Å². The zero-order chi connectivity index (χ0) is 15.6. The van der Waals surface area contributed by atoms with E-state index < -0.39 is 5.60 Å². The van der Waals surface area contributed by atoms with E-state index in [9.17, 15) is 4.79 Å². The topological polar surface area (TPSA) is 26.3 Å². The molecule has 1 heterocycles. The van der Waals surface area contributed by atoms with Crippen LogP contribution in [0.5, 0.6) is 0 Å². The summed E-state index contributed by atoms with van der Waals surface area (Å²) in [4.78, 5) is 12.3. The predicted molar refractivity (Wildman–Crippen MR) is 88.1 cm³/mol. The molecular weight excluding hydrogens is 272 g/mol. The lowest BCUT2D eigenvalue weighted by molar-refractivity contribution is -0.146. The number of rotatable bonds is 4. The van der Waals surface area contributed by atoms with Crippen LogP contribution in [0.4, 0.5) is 0 Å². The lowest BCUT2D eigenvalue weighted by Gasteiger charge is -2.31. The first-order valence-corrected chi connectivity index (χ1v) is 7.35. The van der Waals surface area contributed by atoms with Crippen LogP contribution >= 0.6 is 0 Å². The lowest BCUT2D eigenvalue weighted by atomic mass is 9.79. The van der Waals surface area contributed by atoms with E-state index in [1.54, 1.807) is 0 Å². The van der Waals surface area contributed by atoms with Crippen molar-refractivity contribution >= 4 is 11.5 Å².